The molecule has 2 aromatic rings. The van der Waals surface area contributed by atoms with Gasteiger partial charge in [0.15, 0.2) is 5.82 Å². The topological polar surface area (TPSA) is 90.9 Å². The van der Waals surface area contributed by atoms with Crippen LogP contribution in [0.25, 0.3) is 6.08 Å². The normalized spacial score (nSPS) is 12.9. The Bertz CT molecular complexity index is 936. The second-order valence-electron chi connectivity index (χ2n) is 4.93. The molecule has 2 rings (SSSR count). The number of pyridine rings is 1. The molecular formula is C13H12F4N4O2S2. The molecule has 6 nitrogen and oxygen atoms in total. The largest absolute Gasteiger partial charge is 0.417 e. The minimum Gasteiger partial charge on any atom is -0.261 e. The van der Waals surface area contributed by atoms with E-state index in [0.717, 1.165) is 17.2 Å². The van der Waals surface area contributed by atoms with Crippen molar-refractivity contribution in [3.05, 3.63) is 40.3 Å². The van der Waals surface area contributed by atoms with Crippen molar-refractivity contribution in [3.8, 4) is 0 Å². The Morgan fingerprint density at radius 1 is 1.36 bits per heavy atom. The van der Waals surface area contributed by atoms with E-state index in [-0.39, 0.29) is 5.03 Å². The summed E-state index contributed by atoms with van der Waals surface area (Å²) in [4.78, 5) is 3.50. The number of nitrogens with zero attached hydrogens (tertiary/aromatic N) is 3. The van der Waals surface area contributed by atoms with E-state index < -0.39 is 27.6 Å². The molecule has 0 aromatic carbocycles. The number of aryl methyl sites for hydroxylation is 2. The van der Waals surface area contributed by atoms with E-state index in [1.54, 1.807) is 6.92 Å². The molecule has 0 spiro atoms. The first-order valence-electron chi connectivity index (χ1n) is 6.53. The third kappa shape index (κ3) is 4.80. The molecule has 0 fully saturated rings. The van der Waals surface area contributed by atoms with Gasteiger partial charge in [0.05, 0.1) is 11.3 Å². The summed E-state index contributed by atoms with van der Waals surface area (Å²) >= 11 is 0.718. The van der Waals surface area contributed by atoms with Gasteiger partial charge in [0.25, 0.3) is 0 Å². The van der Waals surface area contributed by atoms with E-state index in [1.165, 1.54) is 17.8 Å². The lowest BCUT2D eigenvalue weighted by atomic mass is 10.3. The van der Waals surface area contributed by atoms with E-state index in [9.17, 15) is 26.0 Å². The van der Waals surface area contributed by atoms with Crippen LogP contribution in [-0.2, 0) is 23.2 Å². The summed E-state index contributed by atoms with van der Waals surface area (Å²) in [5.41, 5.74) is -0.440. The van der Waals surface area contributed by atoms with Crippen LogP contribution < -0.4 is 5.14 Å². The van der Waals surface area contributed by atoms with Gasteiger partial charge in [-0.3, -0.25) is 4.68 Å². The van der Waals surface area contributed by atoms with Crippen LogP contribution in [0.1, 0.15) is 16.8 Å². The molecule has 2 N–H and O–H groups in total. The molecule has 0 unspecified atom stereocenters. The molecule has 12 heteroatoms. The zero-order chi connectivity index (χ0) is 19.0. The second-order valence-corrected chi connectivity index (χ2v) is 7.36. The van der Waals surface area contributed by atoms with Crippen molar-refractivity contribution in [2.24, 2.45) is 12.2 Å². The minimum atomic E-state index is -4.70. The minimum absolute atomic E-state index is 0.295. The average molecular weight is 396 g/mol. The van der Waals surface area contributed by atoms with Crippen LogP contribution in [0.15, 0.2) is 27.7 Å². The third-order valence-electron chi connectivity index (χ3n) is 2.97. The Morgan fingerprint density at radius 2 is 2.00 bits per heavy atom. The Morgan fingerprint density at radius 3 is 2.52 bits per heavy atom. The fourth-order valence-electron chi connectivity index (χ4n) is 1.88. The zero-order valence-electron chi connectivity index (χ0n) is 12.9. The summed E-state index contributed by atoms with van der Waals surface area (Å²) in [6.07, 6.45) is -3.00. The van der Waals surface area contributed by atoms with Crippen molar-refractivity contribution >= 4 is 27.9 Å². The first-order chi connectivity index (χ1) is 11.4. The van der Waals surface area contributed by atoms with Gasteiger partial charge in [-0.15, -0.1) is 0 Å². The number of nitrogens with two attached hydrogens (primary N) is 1. The van der Waals surface area contributed by atoms with E-state index in [1.807, 2.05) is 0 Å². The highest BCUT2D eigenvalue weighted by Crippen LogP contribution is 2.35. The van der Waals surface area contributed by atoms with Crippen molar-refractivity contribution < 1.29 is 26.0 Å². The molecule has 0 atom stereocenters. The number of hydrogen-bond donors (Lipinski definition) is 1. The maximum absolute atomic E-state index is 14.0. The maximum Gasteiger partial charge on any atom is 0.417 e. The smallest absolute Gasteiger partial charge is 0.261 e. The van der Waals surface area contributed by atoms with Gasteiger partial charge in [-0.25, -0.2) is 22.9 Å². The van der Waals surface area contributed by atoms with E-state index >= 15 is 0 Å². The molecule has 2 heterocycles. The molecule has 0 saturated carbocycles. The highest BCUT2D eigenvalue weighted by Gasteiger charge is 2.32. The first-order valence-corrected chi connectivity index (χ1v) is 8.96. The van der Waals surface area contributed by atoms with Crippen LogP contribution in [0.5, 0.6) is 0 Å². The Kier molecular flexibility index (Phi) is 5.25. The van der Waals surface area contributed by atoms with Gasteiger partial charge < -0.3 is 0 Å². The van der Waals surface area contributed by atoms with Crippen LogP contribution in [0.4, 0.5) is 17.6 Å². The molecule has 2 aromatic heterocycles. The molecule has 136 valence electrons. The van der Waals surface area contributed by atoms with Crippen LogP contribution in [-0.4, -0.2) is 23.2 Å². The van der Waals surface area contributed by atoms with Gasteiger partial charge in [0.1, 0.15) is 10.1 Å². The number of hydrogen-bond acceptors (Lipinski definition) is 5. The number of primary sulfonamides is 1. The van der Waals surface area contributed by atoms with Crippen LogP contribution >= 0.6 is 11.8 Å². The molecule has 25 heavy (non-hydrogen) atoms. The fourth-order valence-corrected chi connectivity index (χ4v) is 3.15. The molecule has 0 amide bonds. The maximum atomic E-state index is 14.0. The van der Waals surface area contributed by atoms with E-state index in [0.29, 0.717) is 28.5 Å². The summed E-state index contributed by atoms with van der Waals surface area (Å²) < 4.78 is 75.1. The zero-order valence-corrected chi connectivity index (χ0v) is 14.5. The lowest BCUT2D eigenvalue weighted by molar-refractivity contribution is -0.138. The molecule has 0 aliphatic carbocycles. The van der Waals surface area contributed by atoms with E-state index in [2.05, 4.69) is 10.1 Å². The van der Waals surface area contributed by atoms with E-state index in [4.69, 9.17) is 5.14 Å². The Balaban J connectivity index is 2.43. The number of halogens is 4. The molecule has 0 radical (unpaired) electrons. The van der Waals surface area contributed by atoms with Crippen LogP contribution in [0.2, 0.25) is 0 Å². The van der Waals surface area contributed by atoms with Crippen molar-refractivity contribution in [2.75, 3.05) is 0 Å². The van der Waals surface area contributed by atoms with Crippen molar-refractivity contribution in [3.63, 3.8) is 0 Å². The molecule has 0 aliphatic heterocycles. The highest BCUT2D eigenvalue weighted by atomic mass is 32.2. The predicted molar refractivity (Wildman–Crippen MR) is 83.4 cm³/mol. The van der Waals surface area contributed by atoms with Gasteiger partial charge in [0, 0.05) is 24.2 Å². The summed E-state index contributed by atoms with van der Waals surface area (Å²) in [6, 6.07) is 0.346. The summed E-state index contributed by atoms with van der Waals surface area (Å²) in [5, 5.41) is 9.71. The number of sulfonamides is 1. The number of aromatic nitrogens is 3. The summed E-state index contributed by atoms with van der Waals surface area (Å²) in [5.74, 6) is -1.15. The van der Waals surface area contributed by atoms with Crippen molar-refractivity contribution in [2.45, 2.75) is 23.2 Å². The third-order valence-corrected chi connectivity index (χ3v) is 4.65. The molecule has 0 bridgehead atoms. The molecular weight excluding hydrogens is 384 g/mol. The summed E-state index contributed by atoms with van der Waals surface area (Å²) in [7, 11) is -2.37. The molecule has 0 saturated heterocycles. The first kappa shape index (κ1) is 19.4. The summed E-state index contributed by atoms with van der Waals surface area (Å²) in [6.45, 7) is 1.59. The van der Waals surface area contributed by atoms with Gasteiger partial charge >= 0.3 is 6.18 Å². The van der Waals surface area contributed by atoms with Crippen LogP contribution in [0, 0.1) is 12.7 Å². The lowest BCUT2D eigenvalue weighted by Gasteiger charge is -2.08. The SMILES string of the molecule is Cc1nn(C)c(Sc2ncc(C(F)(F)F)cc2F)c1/C=C/S(N)(=O)=O. The van der Waals surface area contributed by atoms with Gasteiger partial charge in [-0.1, -0.05) is 0 Å². The van der Waals surface area contributed by atoms with Gasteiger partial charge in [-0.05, 0) is 30.8 Å². The quantitative estimate of drug-likeness (QED) is 0.803. The molecule has 0 aliphatic rings. The van der Waals surface area contributed by atoms with Crippen molar-refractivity contribution in [1.82, 2.24) is 14.8 Å². The fraction of sp³-hybridized carbons (Fsp3) is 0.231. The lowest BCUT2D eigenvalue weighted by Crippen LogP contribution is -2.07. The van der Waals surface area contributed by atoms with Crippen molar-refractivity contribution in [1.29, 1.82) is 0 Å². The number of rotatable bonds is 4. The standard InChI is InChI=1S/C13H12F4N4O2S2/c1-7-9(3-4-25(18,22)23)12(21(2)20-7)24-11-10(14)5-8(6-19-11)13(15,16)17/h3-6H,1-2H3,(H2,18,22,23)/b4-3+. The highest BCUT2D eigenvalue weighted by molar-refractivity contribution is 7.99. The Hall–Kier alpha value is -1.92. The monoisotopic (exact) mass is 396 g/mol. The average Bonchev–Trinajstić information content (AvgIpc) is 2.71. The predicted octanol–water partition coefficient (Wildman–Crippen LogP) is 2.69. The van der Waals surface area contributed by atoms with Gasteiger partial charge in [-0.2, -0.15) is 18.3 Å². The van der Waals surface area contributed by atoms with Gasteiger partial charge in [0.2, 0.25) is 10.0 Å². The Labute approximate surface area is 144 Å². The second kappa shape index (κ2) is 6.77. The van der Waals surface area contributed by atoms with Crippen LogP contribution in [0.3, 0.4) is 0 Å². The number of alkyl halides is 3.